The van der Waals surface area contributed by atoms with Gasteiger partial charge in [0.2, 0.25) is 21.8 Å². The highest BCUT2D eigenvalue weighted by molar-refractivity contribution is 7.89. The van der Waals surface area contributed by atoms with Crippen LogP contribution < -0.4 is 4.72 Å². The Bertz CT molecular complexity index is 1010. The second kappa shape index (κ2) is 8.02. The Morgan fingerprint density at radius 1 is 1.07 bits per heavy atom. The van der Waals surface area contributed by atoms with Crippen molar-refractivity contribution in [1.82, 2.24) is 14.9 Å². The molecule has 2 aromatic carbocycles. The lowest BCUT2D eigenvalue weighted by molar-refractivity contribution is 0.502. The van der Waals surface area contributed by atoms with Gasteiger partial charge in [-0.15, -0.1) is 10.2 Å². The fourth-order valence-corrected chi connectivity index (χ4v) is 3.69. The molecule has 27 heavy (non-hydrogen) atoms. The predicted octanol–water partition coefficient (Wildman–Crippen LogP) is 3.69. The van der Waals surface area contributed by atoms with Gasteiger partial charge in [-0.05, 0) is 42.7 Å². The van der Waals surface area contributed by atoms with Gasteiger partial charge in [-0.2, -0.15) is 0 Å². The van der Waals surface area contributed by atoms with E-state index in [1.165, 1.54) is 0 Å². The molecule has 0 aliphatic rings. The van der Waals surface area contributed by atoms with Gasteiger partial charge >= 0.3 is 0 Å². The van der Waals surface area contributed by atoms with Crippen molar-refractivity contribution in [3.8, 4) is 11.5 Å². The van der Waals surface area contributed by atoms with E-state index in [1.54, 1.807) is 12.1 Å². The second-order valence-corrected chi connectivity index (χ2v) is 8.51. The lowest BCUT2D eigenvalue weighted by atomic mass is 10.0. The molecule has 0 amide bonds. The number of aromatic nitrogens is 2. The summed E-state index contributed by atoms with van der Waals surface area (Å²) in [6, 6.07) is 14.7. The molecule has 0 aliphatic heterocycles. The van der Waals surface area contributed by atoms with Crippen molar-refractivity contribution in [1.29, 1.82) is 0 Å². The maximum Gasteiger partial charge on any atom is 0.247 e. The largest absolute Gasteiger partial charge is 0.421 e. The van der Waals surface area contributed by atoms with Crippen LogP contribution in [-0.4, -0.2) is 25.2 Å². The van der Waals surface area contributed by atoms with Crippen molar-refractivity contribution < 1.29 is 12.8 Å². The van der Waals surface area contributed by atoms with E-state index in [0.29, 0.717) is 24.1 Å². The molecule has 1 N–H and O–H groups in total. The number of benzene rings is 2. The molecule has 0 fully saturated rings. The first-order chi connectivity index (χ1) is 12.8. The molecule has 0 radical (unpaired) electrons. The highest BCUT2D eigenvalue weighted by Crippen LogP contribution is 2.19. The number of aryl methyl sites for hydroxylation is 1. The van der Waals surface area contributed by atoms with Crippen molar-refractivity contribution in [2.24, 2.45) is 0 Å². The fourth-order valence-electron chi connectivity index (χ4n) is 2.66. The summed E-state index contributed by atoms with van der Waals surface area (Å²) < 4.78 is 33.0. The number of hydrogen-bond acceptors (Lipinski definition) is 5. The van der Waals surface area contributed by atoms with E-state index in [2.05, 4.69) is 28.8 Å². The molecule has 0 aliphatic carbocycles. The Labute approximate surface area is 159 Å². The summed E-state index contributed by atoms with van der Waals surface area (Å²) in [5, 5.41) is 8.03. The zero-order valence-corrected chi connectivity index (χ0v) is 16.5. The zero-order valence-electron chi connectivity index (χ0n) is 15.6. The van der Waals surface area contributed by atoms with Crippen LogP contribution >= 0.6 is 0 Å². The van der Waals surface area contributed by atoms with Gasteiger partial charge in [0, 0.05) is 18.5 Å². The van der Waals surface area contributed by atoms with Crippen LogP contribution in [0.2, 0.25) is 0 Å². The standard InChI is InChI=1S/C20H23N3O3S/c1-14(2)16-7-9-18(10-8-16)27(24,25)21-12-11-19-22-23-20(26-19)17-6-4-5-15(3)13-17/h4-10,13-14,21H,11-12H2,1-3H3. The maximum absolute atomic E-state index is 12.4. The smallest absolute Gasteiger partial charge is 0.247 e. The predicted molar refractivity (Wildman–Crippen MR) is 104 cm³/mol. The third-order valence-corrected chi connectivity index (χ3v) is 5.70. The van der Waals surface area contributed by atoms with E-state index in [1.807, 2.05) is 43.3 Å². The van der Waals surface area contributed by atoms with Crippen molar-refractivity contribution >= 4 is 10.0 Å². The van der Waals surface area contributed by atoms with Gasteiger partial charge in [0.05, 0.1) is 4.90 Å². The Balaban J connectivity index is 1.61. The van der Waals surface area contributed by atoms with Gasteiger partial charge in [-0.1, -0.05) is 43.7 Å². The summed E-state index contributed by atoms with van der Waals surface area (Å²) in [7, 11) is -3.56. The van der Waals surface area contributed by atoms with Crippen LogP contribution in [0.25, 0.3) is 11.5 Å². The van der Waals surface area contributed by atoms with E-state index in [-0.39, 0.29) is 11.4 Å². The van der Waals surface area contributed by atoms with Crippen molar-refractivity contribution in [2.75, 3.05) is 6.54 Å². The summed E-state index contributed by atoms with van der Waals surface area (Å²) in [6.07, 6.45) is 0.322. The van der Waals surface area contributed by atoms with Crippen LogP contribution in [0.5, 0.6) is 0 Å². The van der Waals surface area contributed by atoms with Gasteiger partial charge in [-0.25, -0.2) is 13.1 Å². The van der Waals surface area contributed by atoms with Crippen molar-refractivity contribution in [2.45, 2.75) is 38.0 Å². The molecule has 0 saturated heterocycles. The molecule has 0 atom stereocenters. The first-order valence-corrected chi connectivity index (χ1v) is 10.3. The molecule has 6 nitrogen and oxygen atoms in total. The molecular formula is C20H23N3O3S. The van der Waals surface area contributed by atoms with E-state index < -0.39 is 10.0 Å². The maximum atomic E-state index is 12.4. The van der Waals surface area contributed by atoms with Gasteiger partial charge in [0.1, 0.15) is 0 Å². The van der Waals surface area contributed by atoms with Crippen LogP contribution in [0.15, 0.2) is 57.8 Å². The highest BCUT2D eigenvalue weighted by Gasteiger charge is 2.15. The fraction of sp³-hybridized carbons (Fsp3) is 0.300. The van der Waals surface area contributed by atoms with Crippen LogP contribution in [0.1, 0.15) is 36.8 Å². The lowest BCUT2D eigenvalue weighted by Gasteiger charge is -2.08. The minimum Gasteiger partial charge on any atom is -0.421 e. The van der Waals surface area contributed by atoms with Gasteiger partial charge in [0.25, 0.3) is 0 Å². The molecule has 0 unspecified atom stereocenters. The third-order valence-electron chi connectivity index (χ3n) is 4.22. The Hall–Kier alpha value is -2.51. The number of hydrogen-bond donors (Lipinski definition) is 1. The molecule has 0 bridgehead atoms. The van der Waals surface area contributed by atoms with E-state index in [9.17, 15) is 8.42 Å². The SMILES string of the molecule is Cc1cccc(-c2nnc(CCNS(=O)(=O)c3ccc(C(C)C)cc3)o2)c1. The molecule has 0 spiro atoms. The van der Waals surface area contributed by atoms with Gasteiger partial charge in [-0.3, -0.25) is 0 Å². The summed E-state index contributed by atoms with van der Waals surface area (Å²) in [5.74, 6) is 1.18. The van der Waals surface area contributed by atoms with Crippen molar-refractivity contribution in [3.63, 3.8) is 0 Å². The lowest BCUT2D eigenvalue weighted by Crippen LogP contribution is -2.26. The molecule has 142 valence electrons. The Morgan fingerprint density at radius 3 is 2.48 bits per heavy atom. The highest BCUT2D eigenvalue weighted by atomic mass is 32.2. The molecule has 7 heteroatoms. The van der Waals surface area contributed by atoms with E-state index in [0.717, 1.165) is 16.7 Å². The third kappa shape index (κ3) is 4.81. The minimum atomic E-state index is -3.56. The molecule has 1 heterocycles. The van der Waals surface area contributed by atoms with Crippen molar-refractivity contribution in [3.05, 3.63) is 65.5 Å². The molecular weight excluding hydrogens is 362 g/mol. The minimum absolute atomic E-state index is 0.184. The van der Waals surface area contributed by atoms with E-state index in [4.69, 9.17) is 4.42 Å². The quantitative estimate of drug-likeness (QED) is 0.670. The average Bonchev–Trinajstić information content (AvgIpc) is 3.10. The van der Waals surface area contributed by atoms with Crippen LogP contribution in [0.3, 0.4) is 0 Å². The van der Waals surface area contributed by atoms with Crippen LogP contribution in [0.4, 0.5) is 0 Å². The van der Waals surface area contributed by atoms with E-state index >= 15 is 0 Å². The summed E-state index contributed by atoms with van der Waals surface area (Å²) >= 11 is 0. The Morgan fingerprint density at radius 2 is 1.81 bits per heavy atom. The normalized spacial score (nSPS) is 11.9. The summed E-state index contributed by atoms with van der Waals surface area (Å²) in [5.41, 5.74) is 3.05. The number of sulfonamides is 1. The molecule has 3 rings (SSSR count). The number of nitrogens with one attached hydrogen (secondary N) is 1. The molecule has 1 aromatic heterocycles. The topological polar surface area (TPSA) is 85.1 Å². The van der Waals surface area contributed by atoms with Crippen LogP contribution in [-0.2, 0) is 16.4 Å². The second-order valence-electron chi connectivity index (χ2n) is 6.74. The van der Waals surface area contributed by atoms with Gasteiger partial charge in [0.15, 0.2) is 0 Å². The Kier molecular flexibility index (Phi) is 5.72. The summed E-state index contributed by atoms with van der Waals surface area (Å²) in [4.78, 5) is 0.248. The first kappa shape index (κ1) is 19.3. The monoisotopic (exact) mass is 385 g/mol. The first-order valence-electron chi connectivity index (χ1n) is 8.84. The van der Waals surface area contributed by atoms with Crippen LogP contribution in [0, 0.1) is 6.92 Å². The summed E-state index contributed by atoms with van der Waals surface area (Å²) in [6.45, 7) is 6.31. The zero-order chi connectivity index (χ0) is 19.4. The average molecular weight is 385 g/mol. The molecule has 3 aromatic rings. The van der Waals surface area contributed by atoms with Gasteiger partial charge < -0.3 is 4.42 Å². The molecule has 0 saturated carbocycles. The number of rotatable bonds is 7. The number of nitrogens with zero attached hydrogens (tertiary/aromatic N) is 2.